The van der Waals surface area contributed by atoms with Gasteiger partial charge in [0.05, 0.1) is 22.7 Å². The molecule has 2 aromatic carbocycles. The van der Waals surface area contributed by atoms with E-state index < -0.39 is 22.6 Å². The van der Waals surface area contributed by atoms with E-state index in [2.05, 4.69) is 41.5 Å². The highest BCUT2D eigenvalue weighted by molar-refractivity contribution is 7.90. The summed E-state index contributed by atoms with van der Waals surface area (Å²) in [7, 11) is 0.895. The molecule has 0 saturated heterocycles. The minimum Gasteiger partial charge on any atom is -0.382 e. The number of halogens is 3. The molecule has 1 aliphatic rings. The Balaban J connectivity index is 1.54. The first kappa shape index (κ1) is 27.9. The molecule has 4 rings (SSSR count). The molecule has 0 spiro atoms. The highest BCUT2D eigenvalue weighted by Gasteiger charge is 2.30. The third-order valence-electron chi connectivity index (χ3n) is 6.95. The van der Waals surface area contributed by atoms with Crippen molar-refractivity contribution in [3.8, 4) is 11.8 Å². The Bertz CT molecular complexity index is 1430. The van der Waals surface area contributed by atoms with Crippen LogP contribution in [-0.2, 0) is 16.4 Å². The minimum atomic E-state index is -4.39. The molecule has 10 heteroatoms. The Morgan fingerprint density at radius 3 is 2.34 bits per heavy atom. The van der Waals surface area contributed by atoms with Crippen LogP contribution in [0, 0.1) is 11.8 Å². The zero-order valence-corrected chi connectivity index (χ0v) is 22.6. The predicted octanol–water partition coefficient (Wildman–Crippen LogP) is 5.36. The number of benzene rings is 2. The summed E-state index contributed by atoms with van der Waals surface area (Å²) in [4.78, 5) is 2.46. The molecular weight excluding hydrogens is 513 g/mol. The zero-order valence-electron chi connectivity index (χ0n) is 21.8. The van der Waals surface area contributed by atoms with E-state index in [-0.39, 0.29) is 23.2 Å². The van der Waals surface area contributed by atoms with E-state index in [9.17, 15) is 21.6 Å². The van der Waals surface area contributed by atoms with Crippen molar-refractivity contribution in [2.45, 2.75) is 55.4 Å². The molecule has 0 unspecified atom stereocenters. The lowest BCUT2D eigenvalue weighted by Gasteiger charge is -2.33. The van der Waals surface area contributed by atoms with Crippen LogP contribution >= 0.6 is 0 Å². The van der Waals surface area contributed by atoms with Gasteiger partial charge in [-0.1, -0.05) is 12.0 Å². The van der Waals surface area contributed by atoms with Crippen LogP contribution in [0.15, 0.2) is 53.4 Å². The largest absolute Gasteiger partial charge is 0.406 e. The SMILES string of the molecule is CN(C)C1CCC(Nc2cccc3c2cc(C#CCNc2ccc(S(C)(=O)=O)cc2)n3CC(F)(F)F)CC1. The topological polar surface area (TPSA) is 66.4 Å². The molecule has 0 aliphatic heterocycles. The van der Waals surface area contributed by atoms with Crippen LogP contribution in [0.3, 0.4) is 0 Å². The van der Waals surface area contributed by atoms with E-state index in [4.69, 9.17) is 0 Å². The second-order valence-electron chi connectivity index (χ2n) is 10.0. The van der Waals surface area contributed by atoms with Crippen molar-refractivity contribution in [2.75, 3.05) is 37.5 Å². The highest BCUT2D eigenvalue weighted by Crippen LogP contribution is 2.32. The van der Waals surface area contributed by atoms with E-state index >= 15 is 0 Å². The number of aromatic nitrogens is 1. The smallest absolute Gasteiger partial charge is 0.382 e. The van der Waals surface area contributed by atoms with Gasteiger partial charge in [-0.2, -0.15) is 13.2 Å². The van der Waals surface area contributed by atoms with Gasteiger partial charge in [-0.3, -0.25) is 0 Å². The number of nitrogens with zero attached hydrogens (tertiary/aromatic N) is 2. The number of nitrogens with one attached hydrogen (secondary N) is 2. The van der Waals surface area contributed by atoms with Crippen LogP contribution in [-0.4, -0.2) is 63.0 Å². The van der Waals surface area contributed by atoms with E-state index in [1.165, 1.54) is 16.7 Å². The molecule has 1 heterocycles. The van der Waals surface area contributed by atoms with E-state index in [0.717, 1.165) is 43.0 Å². The molecular formula is C28H33F3N4O2S. The molecule has 3 aromatic rings. The number of anilines is 2. The summed E-state index contributed by atoms with van der Waals surface area (Å²) in [6, 6.07) is 14.2. The van der Waals surface area contributed by atoms with E-state index in [0.29, 0.717) is 17.2 Å². The van der Waals surface area contributed by atoms with E-state index in [1.54, 1.807) is 30.3 Å². The molecule has 204 valence electrons. The summed E-state index contributed by atoms with van der Waals surface area (Å²) in [6.07, 6.45) is 0.915. The maximum absolute atomic E-state index is 13.5. The summed E-state index contributed by atoms with van der Waals surface area (Å²) < 4.78 is 64.9. The molecule has 0 atom stereocenters. The number of hydrogen-bond acceptors (Lipinski definition) is 5. The predicted molar refractivity (Wildman–Crippen MR) is 146 cm³/mol. The summed E-state index contributed by atoms with van der Waals surface area (Å²) in [5, 5.41) is 7.35. The van der Waals surface area contributed by atoms with E-state index in [1.807, 2.05) is 6.07 Å². The summed E-state index contributed by atoms with van der Waals surface area (Å²) >= 11 is 0. The molecule has 38 heavy (non-hydrogen) atoms. The van der Waals surface area contributed by atoms with Gasteiger partial charge in [-0.05, 0) is 88.2 Å². The second kappa shape index (κ2) is 11.3. The molecule has 1 aliphatic carbocycles. The van der Waals surface area contributed by atoms with Gasteiger partial charge in [-0.25, -0.2) is 8.42 Å². The second-order valence-corrected chi connectivity index (χ2v) is 12.1. The average Bonchev–Trinajstić information content (AvgIpc) is 3.18. The van der Waals surface area contributed by atoms with Gasteiger partial charge < -0.3 is 20.1 Å². The lowest BCUT2D eigenvalue weighted by Crippen LogP contribution is -2.36. The first-order valence-electron chi connectivity index (χ1n) is 12.6. The summed E-state index contributed by atoms with van der Waals surface area (Å²) in [5.74, 6) is 5.81. The van der Waals surface area contributed by atoms with Crippen molar-refractivity contribution >= 4 is 32.1 Å². The molecule has 0 amide bonds. The Kier molecular flexibility index (Phi) is 8.28. The number of fused-ring (bicyclic) bond motifs is 1. The quantitative estimate of drug-likeness (QED) is 0.391. The van der Waals surface area contributed by atoms with Crippen LogP contribution < -0.4 is 10.6 Å². The van der Waals surface area contributed by atoms with Crippen molar-refractivity contribution in [3.63, 3.8) is 0 Å². The van der Waals surface area contributed by atoms with Crippen LogP contribution in [0.4, 0.5) is 24.5 Å². The fraction of sp³-hybridized carbons (Fsp3) is 0.429. The van der Waals surface area contributed by atoms with Crippen LogP contribution in [0.1, 0.15) is 31.4 Å². The minimum absolute atomic E-state index is 0.186. The summed E-state index contributed by atoms with van der Waals surface area (Å²) in [6.45, 7) is -0.940. The standard InChI is InChI=1S/C28H33F3N4O2S/c1-34(2)22-13-9-21(10-14-22)33-26-7-4-8-27-25(26)18-23(35(27)19-28(29,30)31)6-5-17-32-20-11-15-24(16-12-20)38(3,36)37/h4,7-8,11-12,15-16,18,21-22,32-33H,9-10,13-14,17,19H2,1-3H3. The maximum atomic E-state index is 13.5. The normalized spacial score (nSPS) is 18.3. The maximum Gasteiger partial charge on any atom is 0.406 e. The third-order valence-corrected chi connectivity index (χ3v) is 8.08. The van der Waals surface area contributed by atoms with Gasteiger partial charge >= 0.3 is 6.18 Å². The van der Waals surface area contributed by atoms with Crippen molar-refractivity contribution < 1.29 is 21.6 Å². The van der Waals surface area contributed by atoms with Gasteiger partial charge in [0.25, 0.3) is 0 Å². The van der Waals surface area contributed by atoms with Crippen molar-refractivity contribution in [3.05, 3.63) is 54.2 Å². The first-order valence-corrected chi connectivity index (χ1v) is 14.4. The zero-order chi connectivity index (χ0) is 27.5. The third kappa shape index (κ3) is 7.03. The monoisotopic (exact) mass is 546 g/mol. The molecule has 0 bridgehead atoms. The Morgan fingerprint density at radius 1 is 1.05 bits per heavy atom. The molecule has 2 N–H and O–H groups in total. The number of sulfone groups is 1. The number of hydrogen-bond donors (Lipinski definition) is 2. The Labute approximate surface area is 222 Å². The molecule has 1 saturated carbocycles. The average molecular weight is 547 g/mol. The van der Waals surface area contributed by atoms with Gasteiger partial charge in [0, 0.05) is 35.1 Å². The fourth-order valence-electron chi connectivity index (χ4n) is 4.92. The number of rotatable bonds is 7. The van der Waals surface area contributed by atoms with Crippen LogP contribution in [0.2, 0.25) is 0 Å². The Morgan fingerprint density at radius 2 is 1.74 bits per heavy atom. The van der Waals surface area contributed by atoms with Gasteiger partial charge in [-0.15, -0.1) is 0 Å². The summed E-state index contributed by atoms with van der Waals surface area (Å²) in [5.41, 5.74) is 2.27. The van der Waals surface area contributed by atoms with Crippen molar-refractivity contribution in [1.29, 1.82) is 0 Å². The first-order chi connectivity index (χ1) is 17.9. The highest BCUT2D eigenvalue weighted by atomic mass is 32.2. The number of alkyl halides is 3. The molecule has 1 aromatic heterocycles. The molecule has 0 radical (unpaired) electrons. The van der Waals surface area contributed by atoms with Crippen molar-refractivity contribution in [2.24, 2.45) is 0 Å². The molecule has 1 fully saturated rings. The van der Waals surface area contributed by atoms with Gasteiger partial charge in [0.1, 0.15) is 6.54 Å². The van der Waals surface area contributed by atoms with Crippen molar-refractivity contribution in [1.82, 2.24) is 9.47 Å². The van der Waals surface area contributed by atoms with Gasteiger partial charge in [0.2, 0.25) is 0 Å². The van der Waals surface area contributed by atoms with Crippen LogP contribution in [0.5, 0.6) is 0 Å². The fourth-order valence-corrected chi connectivity index (χ4v) is 5.55. The lowest BCUT2D eigenvalue weighted by atomic mass is 9.90. The lowest BCUT2D eigenvalue weighted by molar-refractivity contribution is -0.140. The van der Waals surface area contributed by atoms with Crippen LogP contribution in [0.25, 0.3) is 10.9 Å². The van der Waals surface area contributed by atoms with Gasteiger partial charge in [0.15, 0.2) is 9.84 Å². The Hall–Kier alpha value is -3.16. The molecule has 6 nitrogen and oxygen atoms in total.